The molecule has 0 spiro atoms. The van der Waals surface area contributed by atoms with E-state index in [2.05, 4.69) is 29.1 Å². The molecule has 86 valence electrons. The number of hydrogen-bond acceptors (Lipinski definition) is 2. The first kappa shape index (κ1) is 11.6. The molecule has 2 nitrogen and oxygen atoms in total. The van der Waals surface area contributed by atoms with Gasteiger partial charge < -0.3 is 4.90 Å². The van der Waals surface area contributed by atoms with Crippen LogP contribution >= 0.6 is 11.6 Å². The maximum Gasteiger partial charge on any atom is 0.129 e. The predicted octanol–water partition coefficient (Wildman–Crippen LogP) is 3.09. The van der Waals surface area contributed by atoms with E-state index in [4.69, 9.17) is 11.6 Å². The zero-order chi connectivity index (χ0) is 11.4. The van der Waals surface area contributed by atoms with E-state index < -0.39 is 0 Å². The van der Waals surface area contributed by atoms with Gasteiger partial charge in [0.2, 0.25) is 0 Å². The largest absolute Gasteiger partial charge is 0.306 e. The van der Waals surface area contributed by atoms with Crippen molar-refractivity contribution in [1.29, 1.82) is 0 Å². The second-order valence-corrected chi connectivity index (χ2v) is 4.83. The fraction of sp³-hybridized carbons (Fsp3) is 0.462. The van der Waals surface area contributed by atoms with Gasteiger partial charge in [0, 0.05) is 12.7 Å². The number of piperidine rings is 1. The highest BCUT2D eigenvalue weighted by Crippen LogP contribution is 2.17. The average Bonchev–Trinajstić information content (AvgIpc) is 2.28. The van der Waals surface area contributed by atoms with Crippen molar-refractivity contribution in [2.75, 3.05) is 20.1 Å². The normalized spacial score (nSPS) is 22.8. The lowest BCUT2D eigenvalue weighted by molar-refractivity contribution is 0.238. The van der Waals surface area contributed by atoms with E-state index in [-0.39, 0.29) is 0 Å². The lowest BCUT2D eigenvalue weighted by Crippen LogP contribution is -2.30. The summed E-state index contributed by atoms with van der Waals surface area (Å²) < 4.78 is 0. The van der Waals surface area contributed by atoms with Crippen molar-refractivity contribution in [3.63, 3.8) is 0 Å². The summed E-state index contributed by atoms with van der Waals surface area (Å²) in [5.41, 5.74) is 1.12. The number of pyridine rings is 1. The van der Waals surface area contributed by atoms with E-state index in [0.29, 0.717) is 11.1 Å². The van der Waals surface area contributed by atoms with Gasteiger partial charge in [0.1, 0.15) is 5.15 Å². The van der Waals surface area contributed by atoms with Crippen LogP contribution in [-0.2, 0) is 0 Å². The van der Waals surface area contributed by atoms with Crippen LogP contribution in [-0.4, -0.2) is 30.0 Å². The molecule has 0 bridgehead atoms. The van der Waals surface area contributed by atoms with Crippen LogP contribution < -0.4 is 0 Å². The molecule has 1 saturated heterocycles. The number of likely N-dealkylation sites (tertiary alicyclic amines) is 1. The molecule has 2 heterocycles. The van der Waals surface area contributed by atoms with Crippen LogP contribution in [0.4, 0.5) is 0 Å². The molecule has 0 radical (unpaired) electrons. The van der Waals surface area contributed by atoms with Crippen LogP contribution in [0, 0.1) is 5.92 Å². The van der Waals surface area contributed by atoms with Crippen molar-refractivity contribution in [1.82, 2.24) is 9.88 Å². The van der Waals surface area contributed by atoms with Crippen LogP contribution in [0.2, 0.25) is 5.15 Å². The summed E-state index contributed by atoms with van der Waals surface area (Å²) in [6, 6.07) is 3.83. The Bertz CT molecular complexity index is 359. The zero-order valence-corrected chi connectivity index (χ0v) is 10.3. The molecular formula is C13H17ClN2. The average molecular weight is 237 g/mol. The Kier molecular flexibility index (Phi) is 3.97. The zero-order valence-electron chi connectivity index (χ0n) is 9.56. The maximum atomic E-state index is 5.74. The van der Waals surface area contributed by atoms with E-state index in [1.54, 1.807) is 0 Å². The summed E-state index contributed by atoms with van der Waals surface area (Å²) >= 11 is 5.74. The van der Waals surface area contributed by atoms with E-state index in [9.17, 15) is 0 Å². The Morgan fingerprint density at radius 1 is 1.50 bits per heavy atom. The van der Waals surface area contributed by atoms with Crippen LogP contribution in [0.25, 0.3) is 6.08 Å². The lowest BCUT2D eigenvalue weighted by Gasteiger charge is -2.27. The Balaban J connectivity index is 1.95. The molecule has 1 unspecified atom stereocenters. The van der Waals surface area contributed by atoms with Crippen molar-refractivity contribution in [3.8, 4) is 0 Å². The van der Waals surface area contributed by atoms with E-state index in [1.165, 1.54) is 19.4 Å². The molecule has 1 atom stereocenters. The fourth-order valence-electron chi connectivity index (χ4n) is 2.10. The van der Waals surface area contributed by atoms with Crippen LogP contribution in [0.3, 0.4) is 0 Å². The minimum absolute atomic E-state index is 0.551. The Morgan fingerprint density at radius 2 is 2.38 bits per heavy atom. The molecule has 1 fully saturated rings. The van der Waals surface area contributed by atoms with Gasteiger partial charge in [-0.3, -0.25) is 0 Å². The summed E-state index contributed by atoms with van der Waals surface area (Å²) in [7, 11) is 2.18. The summed E-state index contributed by atoms with van der Waals surface area (Å²) in [6.45, 7) is 2.39. The topological polar surface area (TPSA) is 16.1 Å². The Hall–Kier alpha value is -0.860. The van der Waals surface area contributed by atoms with Gasteiger partial charge >= 0.3 is 0 Å². The minimum atomic E-state index is 0.551. The van der Waals surface area contributed by atoms with Gasteiger partial charge in [-0.2, -0.15) is 0 Å². The smallest absolute Gasteiger partial charge is 0.129 e. The van der Waals surface area contributed by atoms with E-state index >= 15 is 0 Å². The van der Waals surface area contributed by atoms with Gasteiger partial charge in [0.25, 0.3) is 0 Å². The first-order valence-corrected chi connectivity index (χ1v) is 6.10. The number of hydrogen-bond donors (Lipinski definition) is 0. The molecule has 1 aliphatic heterocycles. The highest BCUT2D eigenvalue weighted by molar-refractivity contribution is 6.29. The number of nitrogens with zero attached hydrogens (tertiary/aromatic N) is 2. The van der Waals surface area contributed by atoms with Gasteiger partial charge in [-0.15, -0.1) is 0 Å². The van der Waals surface area contributed by atoms with Gasteiger partial charge in [0.15, 0.2) is 0 Å². The van der Waals surface area contributed by atoms with Gasteiger partial charge in [-0.1, -0.05) is 29.8 Å². The third-order valence-corrected chi connectivity index (χ3v) is 3.20. The van der Waals surface area contributed by atoms with Crippen molar-refractivity contribution in [2.45, 2.75) is 12.8 Å². The van der Waals surface area contributed by atoms with Gasteiger partial charge in [0.05, 0.1) is 0 Å². The van der Waals surface area contributed by atoms with Gasteiger partial charge in [-0.25, -0.2) is 4.98 Å². The molecule has 1 aromatic rings. The first-order valence-electron chi connectivity index (χ1n) is 5.72. The molecule has 16 heavy (non-hydrogen) atoms. The van der Waals surface area contributed by atoms with Crippen molar-refractivity contribution in [2.24, 2.45) is 5.92 Å². The summed E-state index contributed by atoms with van der Waals surface area (Å²) in [4.78, 5) is 6.45. The second kappa shape index (κ2) is 5.46. The fourth-order valence-corrected chi connectivity index (χ4v) is 2.21. The van der Waals surface area contributed by atoms with Crippen LogP contribution in [0.1, 0.15) is 18.4 Å². The molecular weight excluding hydrogens is 220 g/mol. The van der Waals surface area contributed by atoms with Crippen molar-refractivity contribution < 1.29 is 0 Å². The molecule has 1 aromatic heterocycles. The van der Waals surface area contributed by atoms with E-state index in [1.807, 2.05) is 18.3 Å². The second-order valence-electron chi connectivity index (χ2n) is 4.44. The predicted molar refractivity (Wildman–Crippen MR) is 68.5 cm³/mol. The molecule has 0 aromatic carbocycles. The quantitative estimate of drug-likeness (QED) is 0.734. The minimum Gasteiger partial charge on any atom is -0.306 e. The number of halogens is 1. The maximum absolute atomic E-state index is 5.74. The third kappa shape index (κ3) is 3.32. The molecule has 0 saturated carbocycles. The molecule has 3 heteroatoms. The molecule has 0 N–H and O–H groups in total. The first-order chi connectivity index (χ1) is 7.74. The molecule has 2 rings (SSSR count). The lowest BCUT2D eigenvalue weighted by atomic mass is 9.97. The Labute approximate surface area is 102 Å². The summed E-state index contributed by atoms with van der Waals surface area (Å²) in [5.74, 6) is 0.675. The summed E-state index contributed by atoms with van der Waals surface area (Å²) in [5, 5.41) is 0.551. The molecule has 0 aliphatic carbocycles. The SMILES string of the molecule is CN1CCCC(/C=C/c2ccc(Cl)nc2)C1. The number of aromatic nitrogens is 1. The Morgan fingerprint density at radius 3 is 3.06 bits per heavy atom. The van der Waals surface area contributed by atoms with Crippen molar-refractivity contribution >= 4 is 17.7 Å². The third-order valence-electron chi connectivity index (χ3n) is 2.97. The summed E-state index contributed by atoms with van der Waals surface area (Å²) in [6.07, 6.45) is 8.84. The van der Waals surface area contributed by atoms with Crippen LogP contribution in [0.15, 0.2) is 24.4 Å². The van der Waals surface area contributed by atoms with E-state index in [0.717, 1.165) is 12.1 Å². The number of rotatable bonds is 2. The van der Waals surface area contributed by atoms with Crippen LogP contribution in [0.5, 0.6) is 0 Å². The standard InChI is InChI=1S/C13H17ClN2/c1-16-8-2-3-12(10-16)5-4-11-6-7-13(14)15-9-11/h4-7,9,12H,2-3,8,10H2,1H3/b5-4+. The van der Waals surface area contributed by atoms with Gasteiger partial charge in [-0.05, 0) is 44.0 Å². The highest BCUT2D eigenvalue weighted by atomic mass is 35.5. The molecule has 1 aliphatic rings. The highest BCUT2D eigenvalue weighted by Gasteiger charge is 2.13. The van der Waals surface area contributed by atoms with Crippen molar-refractivity contribution in [3.05, 3.63) is 35.1 Å². The monoisotopic (exact) mass is 236 g/mol. The molecule has 0 amide bonds.